The molecule has 1 nitrogen and oxygen atoms in total. The normalized spacial score (nSPS) is 45.4. The van der Waals surface area contributed by atoms with Crippen molar-refractivity contribution < 1.29 is 4.79 Å². The van der Waals surface area contributed by atoms with Crippen LogP contribution in [0, 0.1) is 23.2 Å². The van der Waals surface area contributed by atoms with Crippen LogP contribution in [0.2, 0.25) is 0 Å². The van der Waals surface area contributed by atoms with Crippen molar-refractivity contribution in [3.63, 3.8) is 0 Å². The minimum Gasteiger partial charge on any atom is -0.294 e. The molecule has 4 aliphatic rings. The van der Waals surface area contributed by atoms with E-state index in [1.54, 1.807) is 0 Å². The first-order valence-electron chi connectivity index (χ1n) is 6.93. The Kier molecular flexibility index (Phi) is 2.45. The van der Waals surface area contributed by atoms with Crippen molar-refractivity contribution >= 4 is 5.78 Å². The lowest BCUT2D eigenvalue weighted by Gasteiger charge is -2.55. The molecule has 0 aromatic carbocycles. The molecule has 88 valence electrons. The van der Waals surface area contributed by atoms with E-state index in [2.05, 4.69) is 6.92 Å². The van der Waals surface area contributed by atoms with Gasteiger partial charge in [-0.3, -0.25) is 4.79 Å². The van der Waals surface area contributed by atoms with Gasteiger partial charge in [0.15, 0.2) is 5.78 Å². The number of allylic oxidation sites excluding steroid dienone is 2. The summed E-state index contributed by atoms with van der Waals surface area (Å²) in [5, 5.41) is 0. The van der Waals surface area contributed by atoms with Crippen LogP contribution in [0.1, 0.15) is 51.9 Å². The molecule has 4 bridgehead atoms. The zero-order valence-electron chi connectivity index (χ0n) is 10.2. The molecule has 16 heavy (non-hydrogen) atoms. The van der Waals surface area contributed by atoms with E-state index in [4.69, 9.17) is 0 Å². The van der Waals surface area contributed by atoms with E-state index in [0.717, 1.165) is 24.2 Å². The first-order valence-corrected chi connectivity index (χ1v) is 6.93. The minimum atomic E-state index is 0.0837. The summed E-state index contributed by atoms with van der Waals surface area (Å²) in [6, 6.07) is 0. The molecule has 4 saturated carbocycles. The van der Waals surface area contributed by atoms with Gasteiger partial charge in [0.25, 0.3) is 0 Å². The largest absolute Gasteiger partial charge is 0.294 e. The molecule has 0 aliphatic heterocycles. The van der Waals surface area contributed by atoms with Crippen molar-refractivity contribution in [1.82, 2.24) is 0 Å². The van der Waals surface area contributed by atoms with Gasteiger partial charge in [-0.25, -0.2) is 0 Å². The lowest BCUT2D eigenvalue weighted by molar-refractivity contribution is -0.138. The zero-order chi connectivity index (χ0) is 11.2. The lowest BCUT2D eigenvalue weighted by Crippen LogP contribution is -2.49. The average molecular weight is 218 g/mol. The van der Waals surface area contributed by atoms with Crippen LogP contribution >= 0.6 is 0 Å². The van der Waals surface area contributed by atoms with Gasteiger partial charge in [0.05, 0.1) is 0 Å². The summed E-state index contributed by atoms with van der Waals surface area (Å²) in [4.78, 5) is 12.4. The SMILES string of the molecule is CCC=CC(=O)C12CC3CC(CC(C3)C1)C2. The Morgan fingerprint density at radius 3 is 2.06 bits per heavy atom. The van der Waals surface area contributed by atoms with Crippen molar-refractivity contribution in [3.8, 4) is 0 Å². The van der Waals surface area contributed by atoms with Gasteiger partial charge >= 0.3 is 0 Å². The van der Waals surface area contributed by atoms with Crippen LogP contribution in [-0.4, -0.2) is 5.78 Å². The third-order valence-corrected chi connectivity index (χ3v) is 5.07. The maximum absolute atomic E-state index is 12.4. The molecule has 1 heteroatoms. The first-order chi connectivity index (χ1) is 7.72. The average Bonchev–Trinajstić information content (AvgIpc) is 2.24. The number of rotatable bonds is 3. The van der Waals surface area contributed by atoms with Crippen molar-refractivity contribution in [3.05, 3.63) is 12.2 Å². The number of carbonyl (C=O) groups is 1. The molecule has 0 heterocycles. The molecule has 0 aromatic rings. The quantitative estimate of drug-likeness (QED) is 0.659. The predicted octanol–water partition coefficient (Wildman–Crippen LogP) is 3.74. The zero-order valence-corrected chi connectivity index (χ0v) is 10.2. The van der Waals surface area contributed by atoms with E-state index in [1.165, 1.54) is 38.5 Å². The number of hydrogen-bond donors (Lipinski definition) is 0. The van der Waals surface area contributed by atoms with Crippen LogP contribution in [0.15, 0.2) is 12.2 Å². The van der Waals surface area contributed by atoms with Crippen molar-refractivity contribution in [2.24, 2.45) is 23.2 Å². The van der Waals surface area contributed by atoms with Gasteiger partial charge in [0, 0.05) is 5.41 Å². The highest BCUT2D eigenvalue weighted by atomic mass is 16.1. The molecule has 0 aromatic heterocycles. The van der Waals surface area contributed by atoms with Crippen molar-refractivity contribution in [2.75, 3.05) is 0 Å². The lowest BCUT2D eigenvalue weighted by atomic mass is 9.48. The Morgan fingerprint density at radius 2 is 1.62 bits per heavy atom. The standard InChI is InChI=1S/C15H22O/c1-2-3-4-14(16)15-8-11-5-12(9-15)7-13(6-11)10-15/h3-4,11-13H,2,5-10H2,1H3. The number of carbonyl (C=O) groups excluding carboxylic acids is 1. The number of ketones is 1. The predicted molar refractivity (Wildman–Crippen MR) is 65.0 cm³/mol. The summed E-state index contributed by atoms with van der Waals surface area (Å²) in [6.45, 7) is 2.10. The second-order valence-corrected chi connectivity index (χ2v) is 6.37. The summed E-state index contributed by atoms with van der Waals surface area (Å²) in [6.07, 6.45) is 12.8. The van der Waals surface area contributed by atoms with E-state index in [1.807, 2.05) is 12.2 Å². The molecule has 4 aliphatic carbocycles. The Labute approximate surface area is 98.3 Å². The van der Waals surface area contributed by atoms with Crippen LogP contribution in [0.5, 0.6) is 0 Å². The summed E-state index contributed by atoms with van der Waals surface area (Å²) in [5.74, 6) is 3.09. The smallest absolute Gasteiger partial charge is 0.161 e. The van der Waals surface area contributed by atoms with Crippen molar-refractivity contribution in [2.45, 2.75) is 51.9 Å². The molecule has 0 atom stereocenters. The molecule has 4 fully saturated rings. The van der Waals surface area contributed by atoms with Crippen LogP contribution in [-0.2, 0) is 4.79 Å². The van der Waals surface area contributed by atoms with Crippen LogP contribution in [0.3, 0.4) is 0 Å². The third kappa shape index (κ3) is 1.56. The Hall–Kier alpha value is -0.590. The van der Waals surface area contributed by atoms with Gasteiger partial charge in [0.2, 0.25) is 0 Å². The van der Waals surface area contributed by atoms with E-state index < -0.39 is 0 Å². The second-order valence-electron chi connectivity index (χ2n) is 6.37. The van der Waals surface area contributed by atoms with Crippen molar-refractivity contribution in [1.29, 1.82) is 0 Å². The fourth-order valence-electron chi connectivity index (χ4n) is 4.81. The maximum atomic E-state index is 12.4. The highest BCUT2D eigenvalue weighted by molar-refractivity contribution is 5.95. The summed E-state index contributed by atoms with van der Waals surface area (Å²) >= 11 is 0. The number of hydrogen-bond acceptors (Lipinski definition) is 1. The summed E-state index contributed by atoms with van der Waals surface area (Å²) in [7, 11) is 0. The third-order valence-electron chi connectivity index (χ3n) is 5.07. The molecule has 0 radical (unpaired) electrons. The Morgan fingerprint density at radius 1 is 1.12 bits per heavy atom. The Balaban J connectivity index is 1.83. The Bertz CT molecular complexity index is 291. The minimum absolute atomic E-state index is 0.0837. The first kappa shape index (κ1) is 10.6. The van der Waals surface area contributed by atoms with Gasteiger partial charge < -0.3 is 0 Å². The highest BCUT2D eigenvalue weighted by Gasteiger charge is 2.53. The van der Waals surface area contributed by atoms with Gasteiger partial charge in [-0.2, -0.15) is 0 Å². The molecular formula is C15H22O. The second kappa shape index (κ2) is 3.72. The van der Waals surface area contributed by atoms with E-state index in [9.17, 15) is 4.79 Å². The van der Waals surface area contributed by atoms with E-state index in [-0.39, 0.29) is 5.41 Å². The van der Waals surface area contributed by atoms with Gasteiger partial charge in [-0.1, -0.05) is 13.0 Å². The van der Waals surface area contributed by atoms with Crippen LogP contribution < -0.4 is 0 Å². The molecule has 0 saturated heterocycles. The fourth-order valence-corrected chi connectivity index (χ4v) is 4.81. The highest BCUT2D eigenvalue weighted by Crippen LogP contribution is 2.60. The summed E-state index contributed by atoms with van der Waals surface area (Å²) in [5.41, 5.74) is 0.0837. The van der Waals surface area contributed by atoms with Crippen LogP contribution in [0.4, 0.5) is 0 Å². The molecule has 0 N–H and O–H groups in total. The molecule has 0 spiro atoms. The maximum Gasteiger partial charge on any atom is 0.161 e. The van der Waals surface area contributed by atoms with Crippen LogP contribution in [0.25, 0.3) is 0 Å². The van der Waals surface area contributed by atoms with E-state index >= 15 is 0 Å². The molecular weight excluding hydrogens is 196 g/mol. The monoisotopic (exact) mass is 218 g/mol. The van der Waals surface area contributed by atoms with E-state index in [0.29, 0.717) is 5.78 Å². The molecule has 0 amide bonds. The van der Waals surface area contributed by atoms with Gasteiger partial charge in [0.1, 0.15) is 0 Å². The summed E-state index contributed by atoms with van der Waals surface area (Å²) < 4.78 is 0. The van der Waals surface area contributed by atoms with Gasteiger partial charge in [-0.05, 0) is 68.8 Å². The molecule has 0 unspecified atom stereocenters. The topological polar surface area (TPSA) is 17.1 Å². The van der Waals surface area contributed by atoms with Gasteiger partial charge in [-0.15, -0.1) is 0 Å². The molecule has 4 rings (SSSR count). The fraction of sp³-hybridized carbons (Fsp3) is 0.800.